The molecule has 0 bridgehead atoms. The summed E-state index contributed by atoms with van der Waals surface area (Å²) in [6.07, 6.45) is 0.175. The first kappa shape index (κ1) is 14.3. The van der Waals surface area contributed by atoms with Gasteiger partial charge in [-0.05, 0) is 44.5 Å². The molecule has 0 amide bonds. The van der Waals surface area contributed by atoms with Gasteiger partial charge in [-0.15, -0.1) is 0 Å². The minimum Gasteiger partial charge on any atom is -0.368 e. The van der Waals surface area contributed by atoms with Crippen molar-refractivity contribution in [2.45, 2.75) is 32.8 Å². The Morgan fingerprint density at radius 2 is 2.06 bits per heavy atom. The topological polar surface area (TPSA) is 26.3 Å². The van der Waals surface area contributed by atoms with E-state index in [2.05, 4.69) is 15.9 Å². The SMILES string of the molecule is CC(C)(C)OCC(=O)Cc1cc(F)ccc1Br. The number of carbonyl (C=O) groups excluding carboxylic acids is 1. The molecule has 0 fully saturated rings. The van der Waals surface area contributed by atoms with Gasteiger partial charge in [0.2, 0.25) is 0 Å². The molecule has 0 aromatic heterocycles. The van der Waals surface area contributed by atoms with E-state index in [9.17, 15) is 9.18 Å². The Hall–Kier alpha value is -0.740. The highest BCUT2D eigenvalue weighted by atomic mass is 79.9. The zero-order chi connectivity index (χ0) is 13.1. The molecule has 2 nitrogen and oxygen atoms in total. The summed E-state index contributed by atoms with van der Waals surface area (Å²) in [5, 5.41) is 0. The average Bonchev–Trinajstić information content (AvgIpc) is 2.20. The molecule has 0 aliphatic rings. The van der Waals surface area contributed by atoms with Crippen LogP contribution in [0.5, 0.6) is 0 Å². The molecule has 0 saturated carbocycles. The third-order valence-electron chi connectivity index (χ3n) is 2.06. The van der Waals surface area contributed by atoms with Crippen LogP contribution < -0.4 is 0 Å². The van der Waals surface area contributed by atoms with Crippen molar-refractivity contribution in [3.8, 4) is 0 Å². The van der Waals surface area contributed by atoms with Gasteiger partial charge in [0, 0.05) is 10.9 Å². The van der Waals surface area contributed by atoms with Crippen molar-refractivity contribution in [3.63, 3.8) is 0 Å². The van der Waals surface area contributed by atoms with Crippen molar-refractivity contribution in [2.24, 2.45) is 0 Å². The largest absolute Gasteiger partial charge is 0.368 e. The molecule has 4 heteroatoms. The van der Waals surface area contributed by atoms with E-state index in [1.807, 2.05) is 20.8 Å². The number of carbonyl (C=O) groups is 1. The van der Waals surface area contributed by atoms with Crippen LogP contribution in [0.25, 0.3) is 0 Å². The molecule has 0 aliphatic heterocycles. The summed E-state index contributed by atoms with van der Waals surface area (Å²) in [6.45, 7) is 5.71. The molecule has 0 unspecified atom stereocenters. The van der Waals surface area contributed by atoms with Gasteiger partial charge in [-0.25, -0.2) is 4.39 Å². The lowest BCUT2D eigenvalue weighted by molar-refractivity contribution is -0.127. The lowest BCUT2D eigenvalue weighted by Gasteiger charge is -2.18. The molecule has 0 aliphatic carbocycles. The fourth-order valence-corrected chi connectivity index (χ4v) is 1.63. The number of ether oxygens (including phenoxy) is 1. The first-order valence-electron chi connectivity index (χ1n) is 5.37. The summed E-state index contributed by atoms with van der Waals surface area (Å²) in [4.78, 5) is 11.7. The molecule has 17 heavy (non-hydrogen) atoms. The van der Waals surface area contributed by atoms with E-state index in [0.29, 0.717) is 5.56 Å². The van der Waals surface area contributed by atoms with Crippen molar-refractivity contribution in [1.29, 1.82) is 0 Å². The zero-order valence-corrected chi connectivity index (χ0v) is 11.8. The Kier molecular flexibility index (Phi) is 4.83. The third-order valence-corrected chi connectivity index (χ3v) is 2.84. The molecule has 0 atom stereocenters. The number of hydrogen-bond donors (Lipinski definition) is 0. The first-order chi connectivity index (χ1) is 7.78. The molecule has 94 valence electrons. The molecular formula is C13H16BrFO2. The van der Waals surface area contributed by atoms with E-state index in [1.165, 1.54) is 12.1 Å². The maximum atomic E-state index is 13.0. The summed E-state index contributed by atoms with van der Waals surface area (Å²) in [5.74, 6) is -0.404. The van der Waals surface area contributed by atoms with Gasteiger partial charge in [0.25, 0.3) is 0 Å². The predicted octanol–water partition coefficient (Wildman–Crippen LogP) is 3.51. The van der Waals surface area contributed by atoms with Crippen molar-refractivity contribution in [2.75, 3.05) is 6.61 Å². The standard InChI is InChI=1S/C13H16BrFO2/c1-13(2,3)17-8-11(16)7-9-6-10(15)4-5-12(9)14/h4-6H,7-8H2,1-3H3. The van der Waals surface area contributed by atoms with Crippen molar-refractivity contribution >= 4 is 21.7 Å². The van der Waals surface area contributed by atoms with Gasteiger partial charge in [0.05, 0.1) is 5.60 Å². The van der Waals surface area contributed by atoms with Crippen LogP contribution in [0.4, 0.5) is 4.39 Å². The van der Waals surface area contributed by atoms with Gasteiger partial charge in [0.15, 0.2) is 5.78 Å². The number of ketones is 1. The van der Waals surface area contributed by atoms with Gasteiger partial charge >= 0.3 is 0 Å². The third kappa shape index (κ3) is 5.41. The van der Waals surface area contributed by atoms with E-state index in [0.717, 1.165) is 4.47 Å². The van der Waals surface area contributed by atoms with Gasteiger partial charge in [-0.2, -0.15) is 0 Å². The van der Waals surface area contributed by atoms with Gasteiger partial charge in [-0.3, -0.25) is 4.79 Å². The molecule has 1 aromatic rings. The van der Waals surface area contributed by atoms with Gasteiger partial charge < -0.3 is 4.74 Å². The quantitative estimate of drug-likeness (QED) is 0.851. The highest BCUT2D eigenvalue weighted by Crippen LogP contribution is 2.18. The smallest absolute Gasteiger partial charge is 0.162 e. The highest BCUT2D eigenvalue weighted by Gasteiger charge is 2.14. The van der Waals surface area contributed by atoms with Crippen LogP contribution in [0.3, 0.4) is 0 Å². The average molecular weight is 303 g/mol. The molecule has 1 rings (SSSR count). The predicted molar refractivity (Wildman–Crippen MR) is 68.5 cm³/mol. The first-order valence-corrected chi connectivity index (χ1v) is 6.17. The summed E-state index contributed by atoms with van der Waals surface area (Å²) in [6, 6.07) is 4.31. The Labute approximate surface area is 109 Å². The van der Waals surface area contributed by atoms with E-state index in [-0.39, 0.29) is 30.2 Å². The maximum Gasteiger partial charge on any atom is 0.162 e. The fourth-order valence-electron chi connectivity index (χ4n) is 1.24. The summed E-state index contributed by atoms with van der Waals surface area (Å²) >= 11 is 3.29. The van der Waals surface area contributed by atoms with Gasteiger partial charge in [0.1, 0.15) is 12.4 Å². The van der Waals surface area contributed by atoms with Crippen LogP contribution >= 0.6 is 15.9 Å². The highest BCUT2D eigenvalue weighted by molar-refractivity contribution is 9.10. The number of benzene rings is 1. The van der Waals surface area contributed by atoms with Gasteiger partial charge in [-0.1, -0.05) is 15.9 Å². The van der Waals surface area contributed by atoms with Crippen LogP contribution in [0.2, 0.25) is 0 Å². The molecule has 0 spiro atoms. The Balaban J connectivity index is 2.59. The number of halogens is 2. The van der Waals surface area contributed by atoms with Crippen LogP contribution in [-0.2, 0) is 16.0 Å². The molecular weight excluding hydrogens is 287 g/mol. The lowest BCUT2D eigenvalue weighted by atomic mass is 10.1. The minimum absolute atomic E-state index is 0.0481. The Bertz CT molecular complexity index is 410. The van der Waals surface area contributed by atoms with E-state index in [4.69, 9.17) is 4.74 Å². The Morgan fingerprint density at radius 1 is 1.41 bits per heavy atom. The normalized spacial score (nSPS) is 11.6. The second-order valence-electron chi connectivity index (χ2n) is 4.85. The number of hydrogen-bond acceptors (Lipinski definition) is 2. The molecule has 0 radical (unpaired) electrons. The maximum absolute atomic E-state index is 13.0. The van der Waals surface area contributed by atoms with Crippen LogP contribution in [-0.4, -0.2) is 18.0 Å². The second-order valence-corrected chi connectivity index (χ2v) is 5.71. The molecule has 0 saturated heterocycles. The van der Waals surface area contributed by atoms with Crippen molar-refractivity contribution in [1.82, 2.24) is 0 Å². The summed E-state index contributed by atoms with van der Waals surface area (Å²) in [5.41, 5.74) is 0.307. The van der Waals surface area contributed by atoms with Crippen LogP contribution in [0.15, 0.2) is 22.7 Å². The molecule has 0 heterocycles. The van der Waals surface area contributed by atoms with Crippen LogP contribution in [0.1, 0.15) is 26.3 Å². The second kappa shape index (κ2) is 5.74. The minimum atomic E-state index is -0.340. The Morgan fingerprint density at radius 3 is 2.65 bits per heavy atom. The van der Waals surface area contributed by atoms with E-state index >= 15 is 0 Å². The molecule has 0 N–H and O–H groups in total. The number of Topliss-reactive ketones (excluding diaryl/α,β-unsaturated/α-hetero) is 1. The monoisotopic (exact) mass is 302 g/mol. The van der Waals surface area contributed by atoms with Crippen molar-refractivity contribution in [3.05, 3.63) is 34.1 Å². The number of rotatable bonds is 4. The lowest BCUT2D eigenvalue weighted by Crippen LogP contribution is -2.24. The molecule has 1 aromatic carbocycles. The summed E-state index contributed by atoms with van der Waals surface area (Å²) < 4.78 is 19.1. The van der Waals surface area contributed by atoms with Crippen molar-refractivity contribution < 1.29 is 13.9 Å². The van der Waals surface area contributed by atoms with Crippen LogP contribution in [0, 0.1) is 5.82 Å². The fraction of sp³-hybridized carbons (Fsp3) is 0.462. The zero-order valence-electron chi connectivity index (χ0n) is 10.2. The van der Waals surface area contributed by atoms with E-state index < -0.39 is 0 Å². The van der Waals surface area contributed by atoms with E-state index in [1.54, 1.807) is 6.07 Å². The summed E-state index contributed by atoms with van der Waals surface area (Å²) in [7, 11) is 0.